The third-order valence-corrected chi connectivity index (χ3v) is 2.21. The predicted octanol–water partition coefficient (Wildman–Crippen LogP) is 0.669. The van der Waals surface area contributed by atoms with E-state index in [9.17, 15) is 19.7 Å². The van der Waals surface area contributed by atoms with Gasteiger partial charge >= 0.3 is 5.97 Å². The van der Waals surface area contributed by atoms with E-state index in [0.29, 0.717) is 0 Å². The number of nitro groups is 1. The van der Waals surface area contributed by atoms with Crippen LogP contribution in [0.25, 0.3) is 0 Å². The molecule has 0 aromatic heterocycles. The molecule has 0 aliphatic rings. The van der Waals surface area contributed by atoms with E-state index in [2.05, 4.69) is 10.1 Å². The first kappa shape index (κ1) is 14.4. The zero-order valence-electron chi connectivity index (χ0n) is 10.2. The molecule has 0 aliphatic heterocycles. The summed E-state index contributed by atoms with van der Waals surface area (Å²) in [5, 5.41) is 13.4. The van der Waals surface area contributed by atoms with E-state index < -0.39 is 16.8 Å². The number of hydrogen-bond acceptors (Lipinski definition) is 6. The number of benzene rings is 1. The molecule has 19 heavy (non-hydrogen) atoms. The van der Waals surface area contributed by atoms with Crippen molar-refractivity contribution in [2.75, 3.05) is 18.5 Å². The second-order valence-corrected chi connectivity index (χ2v) is 3.51. The molecule has 0 heterocycles. The second kappa shape index (κ2) is 6.34. The van der Waals surface area contributed by atoms with Crippen LogP contribution in [0.15, 0.2) is 18.2 Å². The Morgan fingerprint density at radius 3 is 2.68 bits per heavy atom. The highest BCUT2D eigenvalue weighted by molar-refractivity contribution is 5.94. The first-order chi connectivity index (χ1) is 8.95. The minimum absolute atomic E-state index is 0.0364. The summed E-state index contributed by atoms with van der Waals surface area (Å²) in [4.78, 5) is 32.4. The van der Waals surface area contributed by atoms with Gasteiger partial charge < -0.3 is 15.8 Å². The van der Waals surface area contributed by atoms with E-state index in [-0.39, 0.29) is 30.1 Å². The number of carbonyl (C=O) groups excluding carboxylic acids is 2. The van der Waals surface area contributed by atoms with Gasteiger partial charge in [0.2, 0.25) is 5.91 Å². The standard InChI is InChI=1S/C11H13N3O5/c1-2-19-10(15)6-13-8-5-7(11(12)16)3-4-9(8)14(17)18/h3-5,13H,2,6H2,1H3,(H2,12,16). The molecule has 0 spiro atoms. The molecule has 1 rings (SSSR count). The maximum absolute atomic E-state index is 11.2. The molecule has 1 aromatic carbocycles. The van der Waals surface area contributed by atoms with Gasteiger partial charge in [0.15, 0.2) is 0 Å². The van der Waals surface area contributed by atoms with Crippen LogP contribution in [-0.2, 0) is 9.53 Å². The fourth-order valence-electron chi connectivity index (χ4n) is 1.37. The Labute approximate surface area is 108 Å². The normalized spacial score (nSPS) is 9.74. The summed E-state index contributed by atoms with van der Waals surface area (Å²) in [6.45, 7) is 1.62. The van der Waals surface area contributed by atoms with E-state index in [0.717, 1.165) is 6.07 Å². The molecule has 0 bridgehead atoms. The Morgan fingerprint density at radius 1 is 1.47 bits per heavy atom. The maximum atomic E-state index is 11.2. The summed E-state index contributed by atoms with van der Waals surface area (Å²) >= 11 is 0. The molecular formula is C11H13N3O5. The smallest absolute Gasteiger partial charge is 0.325 e. The Hall–Kier alpha value is -2.64. The van der Waals surface area contributed by atoms with Crippen LogP contribution in [0, 0.1) is 10.1 Å². The Balaban J connectivity index is 2.94. The van der Waals surface area contributed by atoms with Gasteiger partial charge in [-0.1, -0.05) is 0 Å². The van der Waals surface area contributed by atoms with Crippen molar-refractivity contribution in [3.63, 3.8) is 0 Å². The number of ether oxygens (including phenoxy) is 1. The number of nitrogens with one attached hydrogen (secondary N) is 1. The number of rotatable bonds is 6. The van der Waals surface area contributed by atoms with Crippen LogP contribution in [0.5, 0.6) is 0 Å². The van der Waals surface area contributed by atoms with Crippen molar-refractivity contribution >= 4 is 23.3 Å². The summed E-state index contributed by atoms with van der Waals surface area (Å²) in [7, 11) is 0. The van der Waals surface area contributed by atoms with Crippen LogP contribution in [0.4, 0.5) is 11.4 Å². The van der Waals surface area contributed by atoms with E-state index in [1.54, 1.807) is 6.92 Å². The van der Waals surface area contributed by atoms with Gasteiger partial charge in [0.05, 0.1) is 11.5 Å². The van der Waals surface area contributed by atoms with E-state index >= 15 is 0 Å². The first-order valence-corrected chi connectivity index (χ1v) is 5.43. The van der Waals surface area contributed by atoms with E-state index in [1.807, 2.05) is 0 Å². The quantitative estimate of drug-likeness (QED) is 0.443. The van der Waals surface area contributed by atoms with Crippen LogP contribution in [0.1, 0.15) is 17.3 Å². The average Bonchev–Trinajstić information content (AvgIpc) is 2.36. The van der Waals surface area contributed by atoms with Gasteiger partial charge in [-0.3, -0.25) is 19.7 Å². The largest absolute Gasteiger partial charge is 0.465 e. The molecule has 0 saturated carbocycles. The molecule has 0 saturated heterocycles. The number of esters is 1. The highest BCUT2D eigenvalue weighted by Crippen LogP contribution is 2.25. The number of nitro benzene ring substituents is 1. The highest BCUT2D eigenvalue weighted by Gasteiger charge is 2.16. The lowest BCUT2D eigenvalue weighted by Gasteiger charge is -2.07. The molecule has 0 aliphatic carbocycles. The molecule has 8 nitrogen and oxygen atoms in total. The molecule has 1 aromatic rings. The van der Waals surface area contributed by atoms with Crippen molar-refractivity contribution in [1.82, 2.24) is 0 Å². The molecular weight excluding hydrogens is 254 g/mol. The number of carbonyl (C=O) groups is 2. The Morgan fingerprint density at radius 2 is 2.16 bits per heavy atom. The molecule has 0 atom stereocenters. The van der Waals surface area contributed by atoms with Gasteiger partial charge in [-0.15, -0.1) is 0 Å². The molecule has 1 amide bonds. The Kier molecular flexibility index (Phi) is 4.81. The van der Waals surface area contributed by atoms with Crippen molar-refractivity contribution in [3.8, 4) is 0 Å². The molecule has 0 unspecified atom stereocenters. The highest BCUT2D eigenvalue weighted by atomic mass is 16.6. The minimum atomic E-state index is -0.714. The van der Waals surface area contributed by atoms with Crippen LogP contribution in [0.2, 0.25) is 0 Å². The first-order valence-electron chi connectivity index (χ1n) is 5.43. The summed E-state index contributed by atoms with van der Waals surface area (Å²) in [6, 6.07) is 3.61. The molecule has 8 heteroatoms. The zero-order valence-corrected chi connectivity index (χ0v) is 10.2. The van der Waals surface area contributed by atoms with Crippen molar-refractivity contribution in [2.45, 2.75) is 6.92 Å². The van der Waals surface area contributed by atoms with Gasteiger partial charge in [-0.05, 0) is 19.1 Å². The maximum Gasteiger partial charge on any atom is 0.325 e. The molecule has 102 valence electrons. The van der Waals surface area contributed by atoms with Gasteiger partial charge in [0.25, 0.3) is 5.69 Å². The Bertz CT molecular complexity index is 515. The van der Waals surface area contributed by atoms with Gasteiger partial charge in [0, 0.05) is 11.6 Å². The zero-order chi connectivity index (χ0) is 14.4. The lowest BCUT2D eigenvalue weighted by atomic mass is 10.1. The number of nitrogens with two attached hydrogens (primary N) is 1. The third-order valence-electron chi connectivity index (χ3n) is 2.21. The summed E-state index contributed by atoms with van der Waals surface area (Å²) in [5.74, 6) is -1.27. The summed E-state index contributed by atoms with van der Waals surface area (Å²) < 4.78 is 4.68. The molecule has 0 radical (unpaired) electrons. The van der Waals surface area contributed by atoms with Gasteiger partial charge in [0.1, 0.15) is 12.2 Å². The number of hydrogen-bond donors (Lipinski definition) is 2. The number of primary amides is 1. The number of amides is 1. The molecule has 0 fully saturated rings. The van der Waals surface area contributed by atoms with Crippen molar-refractivity contribution in [2.24, 2.45) is 5.73 Å². The van der Waals surface area contributed by atoms with E-state index in [4.69, 9.17) is 5.73 Å². The molecule has 3 N–H and O–H groups in total. The summed E-state index contributed by atoms with van der Waals surface area (Å²) in [5.41, 5.74) is 4.97. The third kappa shape index (κ3) is 3.95. The summed E-state index contributed by atoms with van der Waals surface area (Å²) in [6.07, 6.45) is 0. The van der Waals surface area contributed by atoms with Crippen LogP contribution in [-0.4, -0.2) is 30.0 Å². The topological polar surface area (TPSA) is 125 Å². The lowest BCUT2D eigenvalue weighted by molar-refractivity contribution is -0.383. The number of anilines is 1. The lowest BCUT2D eigenvalue weighted by Crippen LogP contribution is -2.18. The van der Waals surface area contributed by atoms with E-state index in [1.165, 1.54) is 12.1 Å². The van der Waals surface area contributed by atoms with Gasteiger partial charge in [-0.25, -0.2) is 0 Å². The van der Waals surface area contributed by atoms with Crippen LogP contribution in [0.3, 0.4) is 0 Å². The fourth-order valence-corrected chi connectivity index (χ4v) is 1.37. The van der Waals surface area contributed by atoms with Crippen molar-refractivity contribution in [1.29, 1.82) is 0 Å². The van der Waals surface area contributed by atoms with Crippen molar-refractivity contribution < 1.29 is 19.2 Å². The number of nitrogens with zero attached hydrogens (tertiary/aromatic N) is 1. The predicted molar refractivity (Wildman–Crippen MR) is 66.7 cm³/mol. The van der Waals surface area contributed by atoms with Crippen molar-refractivity contribution in [3.05, 3.63) is 33.9 Å². The van der Waals surface area contributed by atoms with Gasteiger partial charge in [-0.2, -0.15) is 0 Å². The van der Waals surface area contributed by atoms with Crippen LogP contribution >= 0.6 is 0 Å². The average molecular weight is 267 g/mol. The SMILES string of the molecule is CCOC(=O)CNc1cc(C(N)=O)ccc1[N+](=O)[O-]. The minimum Gasteiger partial charge on any atom is -0.465 e. The fraction of sp³-hybridized carbons (Fsp3) is 0.273. The van der Waals surface area contributed by atoms with Crippen LogP contribution < -0.4 is 11.1 Å². The second-order valence-electron chi connectivity index (χ2n) is 3.51. The monoisotopic (exact) mass is 267 g/mol.